The van der Waals surface area contributed by atoms with Crippen molar-refractivity contribution < 1.29 is 13.2 Å². The average Bonchev–Trinajstić information content (AvgIpc) is 2.74. The Morgan fingerprint density at radius 2 is 1.76 bits per heavy atom. The van der Waals surface area contributed by atoms with Crippen LogP contribution in [0.4, 0.5) is 0 Å². The number of carbonyl (C=O) groups excluding carboxylic acids is 1. The van der Waals surface area contributed by atoms with Crippen molar-refractivity contribution in [1.82, 2.24) is 14.1 Å². The number of sulfonamides is 1. The van der Waals surface area contributed by atoms with E-state index in [4.69, 9.17) is 11.6 Å². The highest BCUT2D eigenvalue weighted by Gasteiger charge is 2.35. The van der Waals surface area contributed by atoms with Crippen LogP contribution in [0.2, 0.25) is 5.02 Å². The molecule has 6 nitrogen and oxygen atoms in total. The van der Waals surface area contributed by atoms with E-state index in [0.29, 0.717) is 32.2 Å². The lowest BCUT2D eigenvalue weighted by molar-refractivity contribution is -0.139. The summed E-state index contributed by atoms with van der Waals surface area (Å²) in [7, 11) is -3.62. The van der Waals surface area contributed by atoms with Crippen LogP contribution in [0.5, 0.6) is 0 Å². The minimum absolute atomic E-state index is 0.147. The van der Waals surface area contributed by atoms with Gasteiger partial charge in [0.1, 0.15) is 4.90 Å². The molecule has 0 radical (unpaired) electrons. The van der Waals surface area contributed by atoms with Crippen molar-refractivity contribution in [3.63, 3.8) is 0 Å². The molecule has 8 heteroatoms. The number of amides is 1. The summed E-state index contributed by atoms with van der Waals surface area (Å²) in [5.74, 6) is 0.168. The highest BCUT2D eigenvalue weighted by atomic mass is 35.5. The first-order valence-electron chi connectivity index (χ1n) is 10.7. The molecular weight excluding hydrogens is 410 g/mol. The number of likely N-dealkylation sites (N-methyl/N-ethyl adjacent to an activating group) is 1. The van der Waals surface area contributed by atoms with E-state index in [9.17, 15) is 13.2 Å². The lowest BCUT2D eigenvalue weighted by Gasteiger charge is -2.40. The van der Waals surface area contributed by atoms with Gasteiger partial charge >= 0.3 is 0 Å². The number of hydrogen-bond donors (Lipinski definition) is 0. The lowest BCUT2D eigenvalue weighted by atomic mass is 9.93. The fraction of sp³-hybridized carbons (Fsp3) is 0.667. The van der Waals surface area contributed by atoms with Gasteiger partial charge in [0.25, 0.3) is 0 Å². The van der Waals surface area contributed by atoms with Crippen molar-refractivity contribution in [3.8, 4) is 0 Å². The number of halogens is 1. The molecule has 0 N–H and O–H groups in total. The molecule has 1 aliphatic heterocycles. The van der Waals surface area contributed by atoms with Crippen LogP contribution in [0.15, 0.2) is 29.2 Å². The van der Waals surface area contributed by atoms with Gasteiger partial charge < -0.3 is 4.90 Å². The number of piperazine rings is 1. The minimum atomic E-state index is -3.62. The van der Waals surface area contributed by atoms with Crippen molar-refractivity contribution in [3.05, 3.63) is 29.3 Å². The van der Waals surface area contributed by atoms with Crippen LogP contribution in [-0.4, -0.2) is 73.2 Å². The fourth-order valence-corrected chi connectivity index (χ4v) is 6.42. The smallest absolute Gasteiger partial charge is 0.244 e. The van der Waals surface area contributed by atoms with Crippen LogP contribution in [-0.2, 0) is 14.8 Å². The molecule has 1 amide bonds. The maximum Gasteiger partial charge on any atom is 0.244 e. The Kier molecular flexibility index (Phi) is 7.59. The summed E-state index contributed by atoms with van der Waals surface area (Å²) >= 11 is 6.11. The Morgan fingerprint density at radius 1 is 1.14 bits per heavy atom. The number of hydrogen-bond acceptors (Lipinski definition) is 4. The van der Waals surface area contributed by atoms with E-state index in [2.05, 4.69) is 4.90 Å². The maximum atomic E-state index is 13.2. The topological polar surface area (TPSA) is 60.9 Å². The second-order valence-electron chi connectivity index (χ2n) is 7.96. The first-order valence-corrected chi connectivity index (χ1v) is 12.5. The SMILES string of the molecule is CCN(C(=O)[C@@H](C)N1CCN(S(=O)(=O)c2ccccc2Cl)CC1)C1CCCCC1. The molecule has 3 rings (SSSR count). The third kappa shape index (κ3) is 4.95. The molecule has 162 valence electrons. The summed E-state index contributed by atoms with van der Waals surface area (Å²) in [6.07, 6.45) is 5.84. The second-order valence-corrected chi connectivity index (χ2v) is 10.3. The molecule has 1 aromatic carbocycles. The summed E-state index contributed by atoms with van der Waals surface area (Å²) in [5.41, 5.74) is 0. The Hall–Kier alpha value is -1.15. The van der Waals surface area contributed by atoms with Gasteiger partial charge in [-0.05, 0) is 38.8 Å². The van der Waals surface area contributed by atoms with Gasteiger partial charge in [-0.1, -0.05) is 43.0 Å². The average molecular weight is 442 g/mol. The highest BCUT2D eigenvalue weighted by Crippen LogP contribution is 2.26. The Balaban J connectivity index is 1.62. The van der Waals surface area contributed by atoms with Crippen LogP contribution < -0.4 is 0 Å². The molecule has 1 saturated carbocycles. The Bertz CT molecular complexity index is 803. The van der Waals surface area contributed by atoms with Crippen molar-refractivity contribution in [1.29, 1.82) is 0 Å². The second kappa shape index (κ2) is 9.77. The minimum Gasteiger partial charge on any atom is -0.339 e. The van der Waals surface area contributed by atoms with Crippen molar-refractivity contribution >= 4 is 27.5 Å². The van der Waals surface area contributed by atoms with E-state index in [1.165, 1.54) is 23.6 Å². The molecule has 1 aliphatic carbocycles. The van der Waals surface area contributed by atoms with E-state index < -0.39 is 10.0 Å². The first kappa shape index (κ1) is 22.5. The molecular formula is C21H32ClN3O3S. The van der Waals surface area contributed by atoms with Crippen LogP contribution in [0.1, 0.15) is 46.0 Å². The molecule has 1 atom stereocenters. The van der Waals surface area contributed by atoms with Gasteiger partial charge in [0.2, 0.25) is 15.9 Å². The quantitative estimate of drug-likeness (QED) is 0.680. The van der Waals surface area contributed by atoms with Gasteiger partial charge in [-0.2, -0.15) is 4.31 Å². The van der Waals surface area contributed by atoms with E-state index in [-0.39, 0.29) is 21.9 Å². The van der Waals surface area contributed by atoms with E-state index in [1.54, 1.807) is 24.3 Å². The predicted octanol–water partition coefficient (Wildman–Crippen LogP) is 3.22. The third-order valence-corrected chi connectivity index (χ3v) is 8.67. The zero-order valence-corrected chi connectivity index (χ0v) is 19.0. The molecule has 0 spiro atoms. The van der Waals surface area contributed by atoms with Gasteiger partial charge in [-0.25, -0.2) is 8.42 Å². The molecule has 2 aliphatic rings. The summed E-state index contributed by atoms with van der Waals surface area (Å²) < 4.78 is 27.3. The van der Waals surface area contributed by atoms with Gasteiger partial charge in [0, 0.05) is 38.8 Å². The molecule has 1 aromatic rings. The van der Waals surface area contributed by atoms with Crippen LogP contribution in [0.3, 0.4) is 0 Å². The van der Waals surface area contributed by atoms with E-state index >= 15 is 0 Å². The van der Waals surface area contributed by atoms with Crippen LogP contribution in [0, 0.1) is 0 Å². The van der Waals surface area contributed by atoms with Gasteiger partial charge in [-0.15, -0.1) is 0 Å². The maximum absolute atomic E-state index is 13.2. The zero-order valence-electron chi connectivity index (χ0n) is 17.4. The number of carbonyl (C=O) groups is 1. The molecule has 1 heterocycles. The summed E-state index contributed by atoms with van der Waals surface area (Å²) in [5, 5.41) is 0.240. The van der Waals surface area contributed by atoms with Gasteiger partial charge in [0.15, 0.2) is 0 Å². The van der Waals surface area contributed by atoms with Crippen LogP contribution in [0.25, 0.3) is 0 Å². The predicted molar refractivity (Wildman–Crippen MR) is 116 cm³/mol. The summed E-state index contributed by atoms with van der Waals surface area (Å²) in [4.78, 5) is 17.4. The lowest BCUT2D eigenvalue weighted by Crippen LogP contribution is -2.56. The molecule has 2 fully saturated rings. The summed E-state index contributed by atoms with van der Waals surface area (Å²) in [6, 6.07) is 6.65. The highest BCUT2D eigenvalue weighted by molar-refractivity contribution is 7.89. The molecule has 0 aromatic heterocycles. The number of benzene rings is 1. The fourth-order valence-electron chi connectivity index (χ4n) is 4.51. The normalized spacial score (nSPS) is 21.1. The van der Waals surface area contributed by atoms with Crippen molar-refractivity contribution in [2.75, 3.05) is 32.7 Å². The van der Waals surface area contributed by atoms with Crippen molar-refractivity contribution in [2.24, 2.45) is 0 Å². The molecule has 29 heavy (non-hydrogen) atoms. The largest absolute Gasteiger partial charge is 0.339 e. The van der Waals surface area contributed by atoms with Gasteiger partial charge in [0.05, 0.1) is 11.1 Å². The monoisotopic (exact) mass is 441 g/mol. The molecule has 0 unspecified atom stereocenters. The van der Waals surface area contributed by atoms with E-state index in [0.717, 1.165) is 19.4 Å². The third-order valence-electron chi connectivity index (χ3n) is 6.27. The zero-order chi connectivity index (χ0) is 21.0. The van der Waals surface area contributed by atoms with Crippen LogP contribution >= 0.6 is 11.6 Å². The van der Waals surface area contributed by atoms with Gasteiger partial charge in [-0.3, -0.25) is 9.69 Å². The first-order chi connectivity index (χ1) is 13.9. The molecule has 0 bridgehead atoms. The van der Waals surface area contributed by atoms with E-state index in [1.807, 2.05) is 18.7 Å². The Labute approximate surface area is 179 Å². The molecule has 1 saturated heterocycles. The van der Waals surface area contributed by atoms with Crippen molar-refractivity contribution in [2.45, 2.75) is 62.9 Å². The standard InChI is InChI=1S/C21H32ClN3O3S/c1-3-25(18-9-5-4-6-10-18)21(26)17(2)23-13-15-24(16-14-23)29(27,28)20-12-8-7-11-19(20)22/h7-8,11-12,17-18H,3-6,9-10,13-16H2,1-2H3/t17-/m1/s1. The Morgan fingerprint density at radius 3 is 2.34 bits per heavy atom. The summed E-state index contributed by atoms with van der Waals surface area (Å²) in [6.45, 7) is 6.53. The number of nitrogens with zero attached hydrogens (tertiary/aromatic N) is 3. The number of rotatable bonds is 6.